The summed E-state index contributed by atoms with van der Waals surface area (Å²) in [6, 6.07) is 7.24. The lowest BCUT2D eigenvalue weighted by atomic mass is 10.1. The van der Waals surface area contributed by atoms with Crippen molar-refractivity contribution in [2.45, 2.75) is 27.4 Å². The fourth-order valence-corrected chi connectivity index (χ4v) is 2.41. The van der Waals surface area contributed by atoms with Crippen molar-refractivity contribution >= 4 is 11.9 Å². The van der Waals surface area contributed by atoms with E-state index < -0.39 is 11.9 Å². The number of benzene rings is 1. The van der Waals surface area contributed by atoms with E-state index in [1.165, 1.54) is 0 Å². The number of carbonyl (C=O) groups is 2. The van der Waals surface area contributed by atoms with Crippen LogP contribution in [0.4, 0.5) is 0 Å². The van der Waals surface area contributed by atoms with Crippen molar-refractivity contribution < 1.29 is 23.8 Å². The van der Waals surface area contributed by atoms with Gasteiger partial charge in [-0.2, -0.15) is 0 Å². The Morgan fingerprint density at radius 3 is 2.29 bits per heavy atom. The summed E-state index contributed by atoms with van der Waals surface area (Å²) in [6.07, 6.45) is 0. The standard InChI is InChI=1S/C18H21NO5/c1-5-23-17(20)15-11(2)16(19-12(15)3)18(21)24-10-13-6-8-14(22-4)9-7-13/h6-9,19H,5,10H2,1-4H3. The molecule has 0 amide bonds. The Morgan fingerprint density at radius 1 is 1.04 bits per heavy atom. The molecule has 2 rings (SSSR count). The number of ether oxygens (including phenoxy) is 3. The van der Waals surface area contributed by atoms with E-state index in [1.807, 2.05) is 12.1 Å². The molecule has 0 saturated carbocycles. The van der Waals surface area contributed by atoms with E-state index in [1.54, 1.807) is 40.0 Å². The van der Waals surface area contributed by atoms with E-state index in [2.05, 4.69) is 4.98 Å². The Bertz CT molecular complexity index is 731. The van der Waals surface area contributed by atoms with Crippen LogP contribution in [0.3, 0.4) is 0 Å². The number of aromatic amines is 1. The number of rotatable bonds is 6. The highest BCUT2D eigenvalue weighted by molar-refractivity contribution is 5.98. The number of carbonyl (C=O) groups excluding carboxylic acids is 2. The predicted molar refractivity (Wildman–Crippen MR) is 88.3 cm³/mol. The molecule has 0 spiro atoms. The molecule has 24 heavy (non-hydrogen) atoms. The molecule has 0 saturated heterocycles. The van der Waals surface area contributed by atoms with Crippen LogP contribution in [0, 0.1) is 13.8 Å². The van der Waals surface area contributed by atoms with E-state index in [4.69, 9.17) is 14.2 Å². The first-order chi connectivity index (χ1) is 11.5. The number of hydrogen-bond donors (Lipinski definition) is 1. The molecule has 0 aliphatic heterocycles. The molecule has 1 heterocycles. The van der Waals surface area contributed by atoms with Gasteiger partial charge in [0.15, 0.2) is 0 Å². The molecular weight excluding hydrogens is 310 g/mol. The molecule has 0 atom stereocenters. The monoisotopic (exact) mass is 331 g/mol. The van der Waals surface area contributed by atoms with Gasteiger partial charge in [-0.05, 0) is 44.0 Å². The van der Waals surface area contributed by atoms with E-state index in [0.29, 0.717) is 16.8 Å². The molecule has 128 valence electrons. The third-order valence-electron chi connectivity index (χ3n) is 3.65. The van der Waals surface area contributed by atoms with Gasteiger partial charge >= 0.3 is 11.9 Å². The van der Waals surface area contributed by atoms with Crippen molar-refractivity contribution in [3.63, 3.8) is 0 Å². The second-order valence-electron chi connectivity index (χ2n) is 5.27. The van der Waals surface area contributed by atoms with Crippen LogP contribution in [-0.4, -0.2) is 30.6 Å². The lowest BCUT2D eigenvalue weighted by Crippen LogP contribution is -2.09. The molecule has 6 heteroatoms. The zero-order valence-electron chi connectivity index (χ0n) is 14.3. The average Bonchev–Trinajstić information content (AvgIpc) is 2.88. The molecule has 0 bridgehead atoms. The van der Waals surface area contributed by atoms with Crippen molar-refractivity contribution in [1.82, 2.24) is 4.98 Å². The van der Waals surface area contributed by atoms with Crippen molar-refractivity contribution in [3.8, 4) is 5.75 Å². The highest BCUT2D eigenvalue weighted by atomic mass is 16.5. The summed E-state index contributed by atoms with van der Waals surface area (Å²) in [5.41, 5.74) is 2.61. The summed E-state index contributed by atoms with van der Waals surface area (Å²) in [5, 5.41) is 0. The quantitative estimate of drug-likeness (QED) is 0.823. The normalized spacial score (nSPS) is 10.3. The van der Waals surface area contributed by atoms with Crippen molar-refractivity contribution in [3.05, 3.63) is 52.3 Å². The Labute approximate surface area is 140 Å². The molecular formula is C18H21NO5. The van der Waals surface area contributed by atoms with Gasteiger partial charge in [-0.25, -0.2) is 9.59 Å². The molecule has 0 fully saturated rings. The number of aromatic nitrogens is 1. The molecule has 1 aromatic carbocycles. The number of hydrogen-bond acceptors (Lipinski definition) is 5. The van der Waals surface area contributed by atoms with Gasteiger partial charge in [0, 0.05) is 5.69 Å². The molecule has 0 radical (unpaired) electrons. The highest BCUT2D eigenvalue weighted by Gasteiger charge is 2.23. The van der Waals surface area contributed by atoms with Crippen molar-refractivity contribution in [2.75, 3.05) is 13.7 Å². The summed E-state index contributed by atoms with van der Waals surface area (Å²) in [7, 11) is 1.59. The topological polar surface area (TPSA) is 77.6 Å². The first kappa shape index (κ1) is 17.6. The van der Waals surface area contributed by atoms with Gasteiger partial charge < -0.3 is 19.2 Å². The molecule has 0 aliphatic rings. The third kappa shape index (κ3) is 3.76. The van der Waals surface area contributed by atoms with Crippen LogP contribution in [-0.2, 0) is 16.1 Å². The second kappa shape index (κ2) is 7.68. The van der Waals surface area contributed by atoms with Crippen LogP contribution >= 0.6 is 0 Å². The van der Waals surface area contributed by atoms with E-state index in [-0.39, 0.29) is 18.9 Å². The minimum Gasteiger partial charge on any atom is -0.497 e. The van der Waals surface area contributed by atoms with Crippen LogP contribution < -0.4 is 4.74 Å². The first-order valence-corrected chi connectivity index (χ1v) is 7.64. The minimum atomic E-state index is -0.512. The largest absolute Gasteiger partial charge is 0.497 e. The van der Waals surface area contributed by atoms with Crippen LogP contribution in [0.25, 0.3) is 0 Å². The maximum Gasteiger partial charge on any atom is 0.355 e. The fraction of sp³-hybridized carbons (Fsp3) is 0.333. The maximum absolute atomic E-state index is 12.3. The van der Waals surface area contributed by atoms with Gasteiger partial charge in [0.05, 0.1) is 19.3 Å². The number of esters is 2. The lowest BCUT2D eigenvalue weighted by molar-refractivity contribution is 0.0465. The number of H-pyrrole nitrogens is 1. The Kier molecular flexibility index (Phi) is 5.63. The number of nitrogens with one attached hydrogen (secondary N) is 1. The van der Waals surface area contributed by atoms with Gasteiger partial charge in [-0.3, -0.25) is 0 Å². The molecule has 0 unspecified atom stereocenters. The van der Waals surface area contributed by atoms with E-state index >= 15 is 0 Å². The summed E-state index contributed by atoms with van der Waals surface area (Å²) in [6.45, 7) is 5.56. The molecule has 1 aromatic heterocycles. The third-order valence-corrected chi connectivity index (χ3v) is 3.65. The zero-order valence-corrected chi connectivity index (χ0v) is 14.3. The SMILES string of the molecule is CCOC(=O)c1c(C)[nH]c(C(=O)OCc2ccc(OC)cc2)c1C. The Hall–Kier alpha value is -2.76. The van der Waals surface area contributed by atoms with E-state index in [0.717, 1.165) is 11.3 Å². The second-order valence-corrected chi connectivity index (χ2v) is 5.27. The lowest BCUT2D eigenvalue weighted by Gasteiger charge is -2.06. The molecule has 2 aromatic rings. The van der Waals surface area contributed by atoms with Crippen LogP contribution in [0.15, 0.2) is 24.3 Å². The summed E-state index contributed by atoms with van der Waals surface area (Å²) in [5.74, 6) is -0.222. The fourth-order valence-electron chi connectivity index (χ4n) is 2.41. The highest BCUT2D eigenvalue weighted by Crippen LogP contribution is 2.20. The van der Waals surface area contributed by atoms with Gasteiger partial charge in [0.1, 0.15) is 18.1 Å². The van der Waals surface area contributed by atoms with E-state index in [9.17, 15) is 9.59 Å². The number of methoxy groups -OCH3 is 1. The van der Waals surface area contributed by atoms with Crippen LogP contribution in [0.2, 0.25) is 0 Å². The summed E-state index contributed by atoms with van der Waals surface area (Å²) >= 11 is 0. The smallest absolute Gasteiger partial charge is 0.355 e. The predicted octanol–water partition coefficient (Wildman–Crippen LogP) is 3.17. The van der Waals surface area contributed by atoms with Gasteiger partial charge in [-0.1, -0.05) is 12.1 Å². The van der Waals surface area contributed by atoms with Crippen LogP contribution in [0.5, 0.6) is 5.75 Å². The maximum atomic E-state index is 12.3. The van der Waals surface area contributed by atoms with Gasteiger partial charge in [0.25, 0.3) is 0 Å². The summed E-state index contributed by atoms with van der Waals surface area (Å²) in [4.78, 5) is 27.1. The molecule has 0 aliphatic carbocycles. The molecule has 6 nitrogen and oxygen atoms in total. The first-order valence-electron chi connectivity index (χ1n) is 7.64. The van der Waals surface area contributed by atoms with Crippen molar-refractivity contribution in [2.24, 2.45) is 0 Å². The number of aryl methyl sites for hydroxylation is 1. The summed E-state index contributed by atoms with van der Waals surface area (Å²) < 4.78 is 15.4. The van der Waals surface area contributed by atoms with Gasteiger partial charge in [0.2, 0.25) is 0 Å². The average molecular weight is 331 g/mol. The molecule has 1 N–H and O–H groups in total. The van der Waals surface area contributed by atoms with Gasteiger partial charge in [-0.15, -0.1) is 0 Å². The zero-order chi connectivity index (χ0) is 17.7. The Balaban J connectivity index is 2.09. The van der Waals surface area contributed by atoms with Crippen molar-refractivity contribution in [1.29, 1.82) is 0 Å². The minimum absolute atomic E-state index is 0.134. The Morgan fingerprint density at radius 2 is 1.71 bits per heavy atom. The van der Waals surface area contributed by atoms with Crippen LogP contribution in [0.1, 0.15) is 44.6 Å².